The van der Waals surface area contributed by atoms with Gasteiger partial charge >= 0.3 is 0 Å². The van der Waals surface area contributed by atoms with Crippen LogP contribution in [-0.2, 0) is 4.79 Å². The number of nitrogens with one attached hydrogen (secondary N) is 1. The summed E-state index contributed by atoms with van der Waals surface area (Å²) in [6, 6.07) is 7.76. The van der Waals surface area contributed by atoms with Gasteiger partial charge in [-0.2, -0.15) is 5.26 Å². The smallest absolute Gasteiger partial charge is 0.234 e. The lowest BCUT2D eigenvalue weighted by atomic mass is 9.95. The Morgan fingerprint density at radius 2 is 1.94 bits per heavy atom. The number of hydrogen-bond donors (Lipinski definition) is 1. The van der Waals surface area contributed by atoms with Gasteiger partial charge in [0.15, 0.2) is 0 Å². The zero-order valence-electron chi connectivity index (χ0n) is 19.5. The first-order valence-corrected chi connectivity index (χ1v) is 12.6. The zero-order chi connectivity index (χ0) is 22.8. The van der Waals surface area contributed by atoms with Crippen LogP contribution in [0.3, 0.4) is 0 Å². The summed E-state index contributed by atoms with van der Waals surface area (Å²) >= 11 is 1.73. The van der Waals surface area contributed by atoms with E-state index in [0.29, 0.717) is 24.0 Å². The number of nitriles is 1. The van der Waals surface area contributed by atoms with Crippen molar-refractivity contribution < 1.29 is 4.79 Å². The number of fused-ring (bicyclic) bond motifs is 2. The van der Waals surface area contributed by atoms with Crippen molar-refractivity contribution >= 4 is 17.2 Å². The van der Waals surface area contributed by atoms with Crippen LogP contribution in [0.25, 0.3) is 0 Å². The highest BCUT2D eigenvalue weighted by molar-refractivity contribution is 7.12. The number of amides is 1. The molecule has 2 aromatic heterocycles. The van der Waals surface area contributed by atoms with Crippen LogP contribution in [0.2, 0.25) is 0 Å². The van der Waals surface area contributed by atoms with Crippen molar-refractivity contribution in [2.24, 2.45) is 0 Å². The molecule has 4 rings (SSSR count). The van der Waals surface area contributed by atoms with Crippen LogP contribution in [0.1, 0.15) is 91.8 Å². The third-order valence-electron chi connectivity index (χ3n) is 6.99. The van der Waals surface area contributed by atoms with Gasteiger partial charge in [0.05, 0.1) is 12.1 Å². The molecule has 0 radical (unpaired) electrons. The third kappa shape index (κ3) is 4.74. The lowest BCUT2D eigenvalue weighted by molar-refractivity contribution is -0.120. The first-order chi connectivity index (χ1) is 15.4. The summed E-state index contributed by atoms with van der Waals surface area (Å²) in [6.45, 7) is 9.51. The quantitative estimate of drug-likeness (QED) is 0.638. The molecular formula is C24H34N6OS. The molecule has 4 heterocycles. The van der Waals surface area contributed by atoms with E-state index < -0.39 is 0 Å². The van der Waals surface area contributed by atoms with E-state index in [4.69, 9.17) is 5.26 Å². The summed E-state index contributed by atoms with van der Waals surface area (Å²) < 4.78 is 2.40. The van der Waals surface area contributed by atoms with Crippen LogP contribution in [-0.4, -0.2) is 44.2 Å². The van der Waals surface area contributed by atoms with E-state index in [2.05, 4.69) is 64.8 Å². The molecule has 0 unspecified atom stereocenters. The van der Waals surface area contributed by atoms with Gasteiger partial charge < -0.3 is 9.88 Å². The van der Waals surface area contributed by atoms with E-state index in [0.717, 1.165) is 37.5 Å². The molecule has 1 N–H and O–H groups in total. The Morgan fingerprint density at radius 1 is 1.22 bits per heavy atom. The van der Waals surface area contributed by atoms with Gasteiger partial charge in [0.1, 0.15) is 18.1 Å². The van der Waals surface area contributed by atoms with E-state index in [9.17, 15) is 4.79 Å². The van der Waals surface area contributed by atoms with Gasteiger partial charge in [0.2, 0.25) is 5.91 Å². The predicted octanol–water partition coefficient (Wildman–Crippen LogP) is 4.41. The molecule has 1 amide bonds. The number of hydrogen-bond acceptors (Lipinski definition) is 6. The summed E-state index contributed by atoms with van der Waals surface area (Å²) in [5.41, 5.74) is 0. The minimum Gasteiger partial charge on any atom is -0.348 e. The summed E-state index contributed by atoms with van der Waals surface area (Å²) in [5, 5.41) is 20.8. The molecule has 0 aromatic carbocycles. The van der Waals surface area contributed by atoms with E-state index >= 15 is 0 Å². The number of rotatable bonds is 8. The maximum Gasteiger partial charge on any atom is 0.234 e. The van der Waals surface area contributed by atoms with Gasteiger partial charge in [-0.1, -0.05) is 13.8 Å². The predicted molar refractivity (Wildman–Crippen MR) is 125 cm³/mol. The zero-order valence-corrected chi connectivity index (χ0v) is 20.4. The number of piperidine rings is 1. The van der Waals surface area contributed by atoms with E-state index in [1.165, 1.54) is 22.6 Å². The third-order valence-corrected chi connectivity index (χ3v) is 8.10. The van der Waals surface area contributed by atoms with Crippen molar-refractivity contribution in [3.8, 4) is 6.07 Å². The first kappa shape index (κ1) is 22.9. The molecule has 32 heavy (non-hydrogen) atoms. The van der Waals surface area contributed by atoms with Crippen LogP contribution in [0, 0.1) is 25.2 Å². The van der Waals surface area contributed by atoms with Crippen LogP contribution in [0.5, 0.6) is 0 Å². The molecule has 2 aliphatic heterocycles. The Bertz CT molecular complexity index is 975. The Hall–Kier alpha value is -2.24. The van der Waals surface area contributed by atoms with Crippen molar-refractivity contribution in [2.75, 3.05) is 6.54 Å². The second-order valence-corrected chi connectivity index (χ2v) is 10.9. The summed E-state index contributed by atoms with van der Waals surface area (Å²) in [6.07, 6.45) is 5.54. The highest BCUT2D eigenvalue weighted by Crippen LogP contribution is 2.42. The average molecular weight is 455 g/mol. The highest BCUT2D eigenvalue weighted by Gasteiger charge is 2.42. The number of nitrogens with zero attached hydrogens (tertiary/aromatic N) is 5. The largest absolute Gasteiger partial charge is 0.348 e. The number of carbonyl (C=O) groups excluding carboxylic acids is 1. The molecule has 4 atom stereocenters. The van der Waals surface area contributed by atoms with Crippen LogP contribution in [0.4, 0.5) is 0 Å². The highest BCUT2D eigenvalue weighted by atomic mass is 32.1. The molecule has 2 aliphatic rings. The summed E-state index contributed by atoms with van der Waals surface area (Å²) in [7, 11) is 0. The monoisotopic (exact) mass is 454 g/mol. The molecule has 0 aliphatic carbocycles. The van der Waals surface area contributed by atoms with Crippen molar-refractivity contribution in [3.05, 3.63) is 33.5 Å². The molecule has 0 spiro atoms. The lowest BCUT2D eigenvalue weighted by Crippen LogP contribution is -2.45. The SMILES string of the molecule is Cc1ccc([C@H](CCN2[C@@H]3CC[C@H]2C[C@H](n2c(C)nnc2C(C)C)C3)NC(=O)CC#N)s1. The van der Waals surface area contributed by atoms with Gasteiger partial charge in [0.25, 0.3) is 0 Å². The maximum atomic E-state index is 12.2. The topological polar surface area (TPSA) is 86.8 Å². The minimum absolute atomic E-state index is 0.0284. The maximum absolute atomic E-state index is 12.2. The van der Waals surface area contributed by atoms with Crippen LogP contribution >= 0.6 is 11.3 Å². The Balaban J connectivity index is 1.44. The number of thiophene rings is 1. The first-order valence-electron chi connectivity index (χ1n) is 11.8. The van der Waals surface area contributed by atoms with E-state index in [-0.39, 0.29) is 18.4 Å². The number of aromatic nitrogens is 3. The van der Waals surface area contributed by atoms with E-state index in [1.807, 2.05) is 6.07 Å². The molecule has 7 nitrogen and oxygen atoms in total. The Kier molecular flexibility index (Phi) is 6.96. The Morgan fingerprint density at radius 3 is 2.53 bits per heavy atom. The molecule has 2 aromatic rings. The molecule has 8 heteroatoms. The minimum atomic E-state index is -0.186. The molecule has 2 fully saturated rings. The fraction of sp³-hybridized carbons (Fsp3) is 0.667. The second-order valence-electron chi connectivity index (χ2n) is 9.57. The standard InChI is InChI=1S/C24H34N6OS/c1-15(2)24-28-27-17(4)30(24)20-13-18-6-7-19(14-20)29(18)12-10-21(26-23(31)9-11-25)22-8-5-16(3)32-22/h5,8,15,18-21H,6-7,9-10,12-14H2,1-4H3,(H,26,31)/t18-,19+,20-,21-/m0/s1. The van der Waals surface area contributed by atoms with Crippen molar-refractivity contribution in [1.82, 2.24) is 25.0 Å². The fourth-order valence-corrected chi connectivity index (χ4v) is 6.54. The van der Waals surface area contributed by atoms with Crippen molar-refractivity contribution in [3.63, 3.8) is 0 Å². The lowest BCUT2D eigenvalue weighted by Gasteiger charge is -2.40. The molecular weight excluding hydrogens is 420 g/mol. The molecule has 2 bridgehead atoms. The second kappa shape index (κ2) is 9.72. The average Bonchev–Trinajstić information content (AvgIpc) is 3.41. The van der Waals surface area contributed by atoms with Crippen LogP contribution < -0.4 is 5.32 Å². The van der Waals surface area contributed by atoms with Crippen LogP contribution in [0.15, 0.2) is 12.1 Å². The van der Waals surface area contributed by atoms with Gasteiger partial charge in [-0.3, -0.25) is 9.69 Å². The number of carbonyl (C=O) groups is 1. The number of aryl methyl sites for hydroxylation is 2. The summed E-state index contributed by atoms with van der Waals surface area (Å²) in [5.74, 6) is 2.32. The fourth-order valence-electron chi connectivity index (χ4n) is 5.57. The van der Waals surface area contributed by atoms with Gasteiger partial charge in [-0.25, -0.2) is 0 Å². The molecule has 2 saturated heterocycles. The van der Waals surface area contributed by atoms with Gasteiger partial charge in [-0.15, -0.1) is 21.5 Å². The van der Waals surface area contributed by atoms with Crippen molar-refractivity contribution in [1.29, 1.82) is 5.26 Å². The van der Waals surface area contributed by atoms with Gasteiger partial charge in [-0.05, 0) is 58.1 Å². The summed E-state index contributed by atoms with van der Waals surface area (Å²) in [4.78, 5) is 17.3. The molecule has 0 saturated carbocycles. The normalized spacial score (nSPS) is 23.9. The van der Waals surface area contributed by atoms with Crippen molar-refractivity contribution in [2.45, 2.75) is 96.3 Å². The Labute approximate surface area is 194 Å². The molecule has 172 valence electrons. The van der Waals surface area contributed by atoms with E-state index in [1.54, 1.807) is 11.3 Å². The van der Waals surface area contributed by atoms with Gasteiger partial charge in [0, 0.05) is 40.3 Å².